The SMILES string of the molecule is C=C[C@H]1C[N@+]2(Cc3cc(C(F)(F)F)cc(C(F)(F)F)c3)CC[C@H]1C[C@H]2[C@H](O)c1ccnc2ccccc12. The quantitative estimate of drug-likeness (QED) is 0.225. The lowest BCUT2D eigenvalue weighted by molar-refractivity contribution is -0.984. The number of piperidine rings is 3. The second-order valence-corrected chi connectivity index (χ2v) is 10.3. The second-order valence-electron chi connectivity index (χ2n) is 10.3. The summed E-state index contributed by atoms with van der Waals surface area (Å²) in [6, 6.07) is 10.5. The Labute approximate surface area is 210 Å². The van der Waals surface area contributed by atoms with Crippen molar-refractivity contribution in [3.05, 3.63) is 89.6 Å². The Hall–Kier alpha value is -2.91. The Morgan fingerprint density at radius 3 is 2.35 bits per heavy atom. The molecular formula is C28H27F6N2O+. The van der Waals surface area contributed by atoms with Crippen molar-refractivity contribution in [1.29, 1.82) is 0 Å². The van der Waals surface area contributed by atoms with Crippen LogP contribution in [0.3, 0.4) is 0 Å². The van der Waals surface area contributed by atoms with Gasteiger partial charge in [-0.05, 0) is 41.8 Å². The molecule has 4 heterocycles. The summed E-state index contributed by atoms with van der Waals surface area (Å²) in [6.45, 7) is 4.93. The van der Waals surface area contributed by atoms with E-state index < -0.39 is 35.6 Å². The molecule has 3 aliphatic heterocycles. The van der Waals surface area contributed by atoms with E-state index in [0.717, 1.165) is 23.9 Å². The van der Waals surface area contributed by atoms with Gasteiger partial charge in [-0.3, -0.25) is 4.98 Å². The molecule has 0 amide bonds. The summed E-state index contributed by atoms with van der Waals surface area (Å²) in [5, 5.41) is 12.5. The normalized spacial score (nSPS) is 26.8. The Morgan fingerprint density at radius 1 is 1.03 bits per heavy atom. The molecule has 0 radical (unpaired) electrons. The van der Waals surface area contributed by atoms with Crippen LogP contribution in [0.4, 0.5) is 26.3 Å². The summed E-state index contributed by atoms with van der Waals surface area (Å²) in [5.41, 5.74) is -1.31. The minimum Gasteiger partial charge on any atom is -0.382 e. The van der Waals surface area contributed by atoms with Crippen molar-refractivity contribution in [1.82, 2.24) is 4.98 Å². The summed E-state index contributed by atoms with van der Waals surface area (Å²) in [6.07, 6.45) is -5.99. The molecule has 0 saturated carbocycles. The standard InChI is InChI=1S/C28H27F6N2O/c1-2-18-16-36(15-17-11-20(27(29,30)31)14-21(12-17)28(32,33)34)10-8-19(18)13-25(36)26(37)23-7-9-35-24-6-4-3-5-22(23)24/h2-7,9,11-12,14,18-19,25-26,37H,1,8,10,13,15-16H2/q+1/t18-,19-,25-,26+,36+/m0/s1. The molecule has 0 unspecified atom stereocenters. The van der Waals surface area contributed by atoms with Crippen LogP contribution in [0.25, 0.3) is 10.9 Å². The largest absolute Gasteiger partial charge is 0.416 e. The molecule has 2 aromatic carbocycles. The van der Waals surface area contributed by atoms with Gasteiger partial charge in [0.05, 0.1) is 29.7 Å². The predicted octanol–water partition coefficient (Wildman–Crippen LogP) is 6.92. The van der Waals surface area contributed by atoms with Crippen LogP contribution < -0.4 is 0 Å². The van der Waals surface area contributed by atoms with E-state index in [2.05, 4.69) is 11.6 Å². The molecule has 196 valence electrons. The number of pyridine rings is 1. The van der Waals surface area contributed by atoms with Crippen LogP contribution >= 0.6 is 0 Å². The highest BCUT2D eigenvalue weighted by molar-refractivity contribution is 5.82. The number of aliphatic hydroxyl groups is 1. The molecule has 37 heavy (non-hydrogen) atoms. The fraction of sp³-hybridized carbons (Fsp3) is 0.393. The number of hydrogen-bond donors (Lipinski definition) is 1. The van der Waals surface area contributed by atoms with Gasteiger partial charge in [0, 0.05) is 35.9 Å². The first-order chi connectivity index (χ1) is 17.4. The molecule has 3 aliphatic rings. The monoisotopic (exact) mass is 521 g/mol. The van der Waals surface area contributed by atoms with E-state index in [4.69, 9.17) is 0 Å². The molecule has 3 fully saturated rings. The minimum absolute atomic E-state index is 0.0397. The van der Waals surface area contributed by atoms with E-state index in [9.17, 15) is 31.4 Å². The summed E-state index contributed by atoms with van der Waals surface area (Å²) < 4.78 is 81.6. The van der Waals surface area contributed by atoms with Crippen LogP contribution in [0.15, 0.2) is 67.4 Å². The highest BCUT2D eigenvalue weighted by Crippen LogP contribution is 2.48. The van der Waals surface area contributed by atoms with E-state index in [-0.39, 0.29) is 34.5 Å². The van der Waals surface area contributed by atoms with Gasteiger partial charge in [0.15, 0.2) is 0 Å². The van der Waals surface area contributed by atoms with Crippen molar-refractivity contribution < 1.29 is 35.9 Å². The van der Waals surface area contributed by atoms with Crippen molar-refractivity contribution in [2.24, 2.45) is 11.8 Å². The third-order valence-electron chi connectivity index (χ3n) is 8.19. The number of fused-ring (bicyclic) bond motifs is 4. The number of nitrogens with zero attached hydrogens (tertiary/aromatic N) is 2. The molecule has 1 N–H and O–H groups in total. The molecule has 5 atom stereocenters. The average Bonchev–Trinajstić information content (AvgIpc) is 2.86. The van der Waals surface area contributed by atoms with Crippen molar-refractivity contribution in [3.8, 4) is 0 Å². The van der Waals surface area contributed by atoms with Gasteiger partial charge in [0.25, 0.3) is 0 Å². The molecule has 3 nitrogen and oxygen atoms in total. The maximum atomic E-state index is 13.6. The Balaban J connectivity index is 1.59. The van der Waals surface area contributed by atoms with Gasteiger partial charge in [-0.15, -0.1) is 6.58 Å². The number of rotatable bonds is 5. The summed E-state index contributed by atoms with van der Waals surface area (Å²) in [4.78, 5) is 4.35. The first-order valence-corrected chi connectivity index (χ1v) is 12.2. The number of aliphatic hydroxyl groups excluding tert-OH is 1. The maximum Gasteiger partial charge on any atom is 0.416 e. The molecule has 2 bridgehead atoms. The third kappa shape index (κ3) is 4.75. The third-order valence-corrected chi connectivity index (χ3v) is 8.19. The van der Waals surface area contributed by atoms with Gasteiger partial charge in [-0.1, -0.05) is 24.3 Å². The number of benzene rings is 2. The first kappa shape index (κ1) is 25.7. The summed E-state index contributed by atoms with van der Waals surface area (Å²) >= 11 is 0. The lowest BCUT2D eigenvalue weighted by atomic mass is 9.71. The van der Waals surface area contributed by atoms with Crippen molar-refractivity contribution in [2.75, 3.05) is 13.1 Å². The molecular weight excluding hydrogens is 494 g/mol. The molecule has 6 rings (SSSR count). The van der Waals surface area contributed by atoms with Crippen LogP contribution in [0.1, 0.15) is 41.2 Å². The van der Waals surface area contributed by atoms with Crippen molar-refractivity contribution in [3.63, 3.8) is 0 Å². The van der Waals surface area contributed by atoms with E-state index in [1.54, 1.807) is 12.3 Å². The molecule has 0 spiro atoms. The molecule has 9 heteroatoms. The highest BCUT2D eigenvalue weighted by Gasteiger charge is 2.54. The van der Waals surface area contributed by atoms with Gasteiger partial charge >= 0.3 is 12.4 Å². The van der Waals surface area contributed by atoms with Gasteiger partial charge in [0.2, 0.25) is 0 Å². The van der Waals surface area contributed by atoms with Gasteiger partial charge in [-0.25, -0.2) is 0 Å². The Morgan fingerprint density at radius 2 is 1.70 bits per heavy atom. The zero-order chi connectivity index (χ0) is 26.6. The summed E-state index contributed by atoms with van der Waals surface area (Å²) in [7, 11) is 0. The van der Waals surface area contributed by atoms with Crippen molar-refractivity contribution in [2.45, 2.75) is 43.9 Å². The average molecular weight is 522 g/mol. The topological polar surface area (TPSA) is 33.1 Å². The Kier molecular flexibility index (Phi) is 6.35. The second kappa shape index (κ2) is 9.13. The van der Waals surface area contributed by atoms with Crippen LogP contribution in [-0.4, -0.2) is 33.7 Å². The van der Waals surface area contributed by atoms with E-state index in [0.29, 0.717) is 30.6 Å². The molecule has 3 saturated heterocycles. The lowest BCUT2D eigenvalue weighted by Crippen LogP contribution is -2.67. The predicted molar refractivity (Wildman–Crippen MR) is 127 cm³/mol. The smallest absolute Gasteiger partial charge is 0.382 e. The van der Waals surface area contributed by atoms with Crippen LogP contribution in [0.5, 0.6) is 0 Å². The van der Waals surface area contributed by atoms with E-state index in [1.807, 2.05) is 30.3 Å². The van der Waals surface area contributed by atoms with Crippen LogP contribution in [0, 0.1) is 11.8 Å². The molecule has 1 aromatic heterocycles. The van der Waals surface area contributed by atoms with Crippen LogP contribution in [-0.2, 0) is 18.9 Å². The van der Waals surface area contributed by atoms with Gasteiger partial charge < -0.3 is 9.59 Å². The number of quaternary nitrogens is 1. The van der Waals surface area contributed by atoms with Crippen LogP contribution in [0.2, 0.25) is 0 Å². The zero-order valence-electron chi connectivity index (χ0n) is 19.9. The van der Waals surface area contributed by atoms with E-state index >= 15 is 0 Å². The lowest BCUT2D eigenvalue weighted by Gasteiger charge is -2.58. The number of aromatic nitrogens is 1. The zero-order valence-corrected chi connectivity index (χ0v) is 19.9. The van der Waals surface area contributed by atoms with Gasteiger partial charge in [-0.2, -0.15) is 26.3 Å². The Bertz CT molecular complexity index is 1280. The minimum atomic E-state index is -4.91. The fourth-order valence-corrected chi connectivity index (χ4v) is 6.44. The number of hydrogen-bond acceptors (Lipinski definition) is 2. The summed E-state index contributed by atoms with van der Waals surface area (Å²) in [5.74, 6) is 0.316. The van der Waals surface area contributed by atoms with Crippen molar-refractivity contribution >= 4 is 10.9 Å². The number of halogens is 6. The van der Waals surface area contributed by atoms with Gasteiger partial charge in [0.1, 0.15) is 18.7 Å². The number of alkyl halides is 6. The number of para-hydroxylation sites is 1. The molecule has 3 aromatic rings. The maximum absolute atomic E-state index is 13.6. The molecule has 0 aliphatic carbocycles. The fourth-order valence-electron chi connectivity index (χ4n) is 6.44. The first-order valence-electron chi connectivity index (χ1n) is 12.2. The van der Waals surface area contributed by atoms with E-state index in [1.165, 1.54) is 0 Å². The highest BCUT2D eigenvalue weighted by atomic mass is 19.4.